The Morgan fingerprint density at radius 3 is 2.68 bits per heavy atom. The zero-order chi connectivity index (χ0) is 13.9. The molecule has 1 aliphatic carbocycles. The maximum absolute atomic E-state index is 12.5. The normalized spacial score (nSPS) is 36.0. The molecule has 1 aliphatic heterocycles. The van der Waals surface area contributed by atoms with Crippen molar-refractivity contribution in [2.24, 2.45) is 11.8 Å². The first-order valence-corrected chi connectivity index (χ1v) is 9.01. The van der Waals surface area contributed by atoms with E-state index in [-0.39, 0.29) is 17.8 Å². The molecule has 0 aromatic carbocycles. The molecule has 2 fully saturated rings. The van der Waals surface area contributed by atoms with Crippen LogP contribution in [0.3, 0.4) is 0 Å². The van der Waals surface area contributed by atoms with E-state index in [4.69, 9.17) is 4.74 Å². The Kier molecular flexibility index (Phi) is 4.86. The van der Waals surface area contributed by atoms with E-state index in [1.807, 2.05) is 0 Å². The van der Waals surface area contributed by atoms with E-state index in [9.17, 15) is 13.7 Å². The maximum Gasteiger partial charge on any atom is 0.157 e. The fourth-order valence-electron chi connectivity index (χ4n) is 3.29. The molecule has 4 unspecified atom stereocenters. The number of nitriles is 1. The topological polar surface area (TPSA) is 67.2 Å². The van der Waals surface area contributed by atoms with Crippen molar-refractivity contribution >= 4 is 9.84 Å². The van der Waals surface area contributed by atoms with E-state index in [1.54, 1.807) is 0 Å². The van der Waals surface area contributed by atoms with Crippen molar-refractivity contribution in [1.82, 2.24) is 0 Å². The second-order valence-electron chi connectivity index (χ2n) is 5.83. The Labute approximate surface area is 116 Å². The van der Waals surface area contributed by atoms with Gasteiger partial charge < -0.3 is 4.74 Å². The number of rotatable bonds is 4. The minimum Gasteiger partial charge on any atom is -0.377 e. The van der Waals surface area contributed by atoms with Gasteiger partial charge in [0, 0.05) is 6.61 Å². The summed E-state index contributed by atoms with van der Waals surface area (Å²) >= 11 is 0. The van der Waals surface area contributed by atoms with Crippen LogP contribution in [0.4, 0.5) is 0 Å². The summed E-state index contributed by atoms with van der Waals surface area (Å²) in [7, 11) is -3.22. The van der Waals surface area contributed by atoms with Gasteiger partial charge in [-0.05, 0) is 38.0 Å². The van der Waals surface area contributed by atoms with E-state index in [2.05, 4.69) is 13.0 Å². The van der Waals surface area contributed by atoms with Gasteiger partial charge in [-0.2, -0.15) is 5.26 Å². The van der Waals surface area contributed by atoms with Crippen LogP contribution in [0.15, 0.2) is 0 Å². The van der Waals surface area contributed by atoms with Crippen LogP contribution in [0.2, 0.25) is 0 Å². The molecule has 1 heterocycles. The standard InChI is InChI=1S/C14H23NO3S/c1-2-11-5-6-12(9-15)14(8-11)19(16,17)10-13-4-3-7-18-13/h11-14H,2-8,10H2,1H3. The van der Waals surface area contributed by atoms with Gasteiger partial charge in [0.05, 0.1) is 29.1 Å². The minimum absolute atomic E-state index is 0.103. The second-order valence-corrected chi connectivity index (χ2v) is 8.09. The van der Waals surface area contributed by atoms with Crippen LogP contribution in [0.1, 0.15) is 45.4 Å². The number of hydrogen-bond acceptors (Lipinski definition) is 4. The van der Waals surface area contributed by atoms with Crippen molar-refractivity contribution in [3.63, 3.8) is 0 Å². The lowest BCUT2D eigenvalue weighted by molar-refractivity contribution is 0.127. The number of hydrogen-bond donors (Lipinski definition) is 0. The summed E-state index contributed by atoms with van der Waals surface area (Å²) in [5.74, 6) is 0.231. The molecule has 2 rings (SSSR count). The number of nitrogens with zero attached hydrogens (tertiary/aromatic N) is 1. The zero-order valence-corrected chi connectivity index (χ0v) is 12.4. The smallest absolute Gasteiger partial charge is 0.157 e. The van der Waals surface area contributed by atoms with E-state index in [0.717, 1.165) is 32.1 Å². The lowest BCUT2D eigenvalue weighted by Gasteiger charge is -2.32. The molecule has 2 aliphatic rings. The molecule has 0 amide bonds. The molecular formula is C14H23NO3S. The first-order chi connectivity index (χ1) is 9.06. The van der Waals surface area contributed by atoms with Crippen molar-refractivity contribution in [3.05, 3.63) is 0 Å². The fraction of sp³-hybridized carbons (Fsp3) is 0.929. The van der Waals surface area contributed by atoms with Gasteiger partial charge in [-0.25, -0.2) is 8.42 Å². The average Bonchev–Trinajstić information content (AvgIpc) is 2.90. The summed E-state index contributed by atoms with van der Waals surface area (Å²) in [6, 6.07) is 2.21. The Morgan fingerprint density at radius 1 is 1.32 bits per heavy atom. The second kappa shape index (κ2) is 6.23. The van der Waals surface area contributed by atoms with Crippen LogP contribution in [0.5, 0.6) is 0 Å². The van der Waals surface area contributed by atoms with Crippen LogP contribution in [0, 0.1) is 23.2 Å². The van der Waals surface area contributed by atoms with Crippen molar-refractivity contribution in [2.45, 2.75) is 56.8 Å². The molecule has 4 nitrogen and oxygen atoms in total. The van der Waals surface area contributed by atoms with Crippen LogP contribution in [-0.4, -0.2) is 32.1 Å². The maximum atomic E-state index is 12.5. The Bertz CT molecular complexity index is 434. The molecule has 0 spiro atoms. The van der Waals surface area contributed by atoms with Gasteiger partial charge in [0.25, 0.3) is 0 Å². The lowest BCUT2D eigenvalue weighted by atomic mass is 9.81. The molecule has 1 saturated heterocycles. The van der Waals surface area contributed by atoms with Crippen molar-refractivity contribution < 1.29 is 13.2 Å². The Hall–Kier alpha value is -0.600. The molecule has 19 heavy (non-hydrogen) atoms. The van der Waals surface area contributed by atoms with Crippen molar-refractivity contribution in [2.75, 3.05) is 12.4 Å². The third kappa shape index (κ3) is 3.49. The highest BCUT2D eigenvalue weighted by atomic mass is 32.2. The average molecular weight is 285 g/mol. The van der Waals surface area contributed by atoms with Gasteiger partial charge in [0.1, 0.15) is 0 Å². The van der Waals surface area contributed by atoms with Crippen LogP contribution >= 0.6 is 0 Å². The third-order valence-electron chi connectivity index (χ3n) is 4.55. The Balaban J connectivity index is 2.08. The van der Waals surface area contributed by atoms with E-state index >= 15 is 0 Å². The molecule has 0 N–H and O–H groups in total. The molecule has 0 bridgehead atoms. The summed E-state index contributed by atoms with van der Waals surface area (Å²) in [6.07, 6.45) is 5.01. The van der Waals surface area contributed by atoms with Crippen LogP contribution in [0.25, 0.3) is 0 Å². The highest BCUT2D eigenvalue weighted by Gasteiger charge is 2.40. The third-order valence-corrected chi connectivity index (χ3v) is 6.83. The van der Waals surface area contributed by atoms with Crippen molar-refractivity contribution in [1.29, 1.82) is 5.26 Å². The highest BCUT2D eigenvalue weighted by molar-refractivity contribution is 7.92. The molecule has 0 aromatic rings. The first-order valence-electron chi connectivity index (χ1n) is 7.29. The number of ether oxygens (including phenoxy) is 1. The quantitative estimate of drug-likeness (QED) is 0.795. The zero-order valence-electron chi connectivity index (χ0n) is 11.5. The molecule has 108 valence electrons. The fourth-order valence-corrected chi connectivity index (χ4v) is 5.58. The Morgan fingerprint density at radius 2 is 2.11 bits per heavy atom. The highest BCUT2D eigenvalue weighted by Crippen LogP contribution is 2.35. The monoisotopic (exact) mass is 285 g/mol. The van der Waals surface area contributed by atoms with Gasteiger partial charge in [0.2, 0.25) is 0 Å². The summed E-state index contributed by atoms with van der Waals surface area (Å²) in [5, 5.41) is 8.73. The van der Waals surface area contributed by atoms with Gasteiger partial charge in [0.15, 0.2) is 9.84 Å². The molecule has 0 radical (unpaired) electrons. The molecule has 4 atom stereocenters. The summed E-state index contributed by atoms with van der Waals surface area (Å²) < 4.78 is 30.5. The molecule has 1 saturated carbocycles. The molecule has 5 heteroatoms. The SMILES string of the molecule is CCC1CCC(C#N)C(S(=O)(=O)CC2CCCO2)C1. The summed E-state index contributed by atoms with van der Waals surface area (Å²) in [6.45, 7) is 2.77. The largest absolute Gasteiger partial charge is 0.377 e. The van der Waals surface area contributed by atoms with Crippen LogP contribution in [-0.2, 0) is 14.6 Å². The first kappa shape index (κ1) is 14.8. The van der Waals surface area contributed by atoms with E-state index < -0.39 is 15.1 Å². The number of sulfone groups is 1. The van der Waals surface area contributed by atoms with Gasteiger partial charge in [-0.1, -0.05) is 13.3 Å². The summed E-state index contributed by atoms with van der Waals surface area (Å²) in [4.78, 5) is 0. The van der Waals surface area contributed by atoms with Gasteiger partial charge in [-0.3, -0.25) is 0 Å². The summed E-state index contributed by atoms with van der Waals surface area (Å²) in [5.41, 5.74) is 0. The van der Waals surface area contributed by atoms with Crippen molar-refractivity contribution in [3.8, 4) is 6.07 Å². The van der Waals surface area contributed by atoms with E-state index in [0.29, 0.717) is 18.9 Å². The van der Waals surface area contributed by atoms with Crippen LogP contribution < -0.4 is 0 Å². The van der Waals surface area contributed by atoms with E-state index in [1.165, 1.54) is 0 Å². The predicted octanol–water partition coefficient (Wildman–Crippen LogP) is 2.30. The van der Waals surface area contributed by atoms with Gasteiger partial charge >= 0.3 is 0 Å². The predicted molar refractivity (Wildman–Crippen MR) is 73.3 cm³/mol. The van der Waals surface area contributed by atoms with Gasteiger partial charge in [-0.15, -0.1) is 0 Å². The minimum atomic E-state index is -3.22. The molecular weight excluding hydrogens is 262 g/mol. The molecule has 0 aromatic heterocycles. The lowest BCUT2D eigenvalue weighted by Crippen LogP contribution is -2.39.